The maximum absolute atomic E-state index is 4.77. The van der Waals surface area contributed by atoms with Crippen LogP contribution in [-0.2, 0) is 6.42 Å². The molecule has 0 aliphatic carbocycles. The Kier molecular flexibility index (Phi) is 3.88. The van der Waals surface area contributed by atoms with Gasteiger partial charge in [-0.3, -0.25) is 0 Å². The van der Waals surface area contributed by atoms with Crippen molar-refractivity contribution in [2.75, 3.05) is 16.8 Å². The number of aromatic nitrogens is 2. The average Bonchev–Trinajstić information content (AvgIpc) is 2.97. The Hall–Kier alpha value is -2.88. The zero-order valence-electron chi connectivity index (χ0n) is 14.9. The number of hydrogen-bond donors (Lipinski definition) is 1. The van der Waals surface area contributed by atoms with Crippen LogP contribution < -0.4 is 10.2 Å². The maximum atomic E-state index is 4.77. The van der Waals surface area contributed by atoms with E-state index in [1.54, 1.807) is 0 Å². The maximum Gasteiger partial charge on any atom is 0.229 e. The lowest BCUT2D eigenvalue weighted by Gasteiger charge is -2.19. The van der Waals surface area contributed by atoms with Gasteiger partial charge in [0.05, 0.1) is 0 Å². The standard InChI is InChI=1S/C21H22N4/c1-14-10-15(2)12-18(11-14)23-21-22-16(3)13-20(24-21)25-9-8-17-6-4-5-7-19(17)25/h4-7,10-13H,8-9H2,1-3H3,(H,22,23,24). The Bertz CT molecular complexity index is 913. The molecule has 2 heterocycles. The first-order chi connectivity index (χ1) is 12.1. The first-order valence-corrected chi connectivity index (χ1v) is 8.65. The van der Waals surface area contributed by atoms with Gasteiger partial charge in [-0.1, -0.05) is 24.3 Å². The van der Waals surface area contributed by atoms with Gasteiger partial charge in [0.25, 0.3) is 0 Å². The summed E-state index contributed by atoms with van der Waals surface area (Å²) in [6.07, 6.45) is 1.05. The van der Waals surface area contributed by atoms with Gasteiger partial charge in [-0.15, -0.1) is 0 Å². The summed E-state index contributed by atoms with van der Waals surface area (Å²) in [6, 6.07) is 17.0. The van der Waals surface area contributed by atoms with E-state index < -0.39 is 0 Å². The predicted octanol–water partition coefficient (Wildman–Crippen LogP) is 4.84. The SMILES string of the molecule is Cc1cc(C)cc(Nc2nc(C)cc(N3CCc4ccccc43)n2)c1. The molecule has 0 bridgehead atoms. The van der Waals surface area contributed by atoms with E-state index in [9.17, 15) is 0 Å². The zero-order valence-corrected chi connectivity index (χ0v) is 14.9. The molecule has 2 aromatic carbocycles. The second-order valence-corrected chi connectivity index (χ2v) is 6.72. The van der Waals surface area contributed by atoms with E-state index in [-0.39, 0.29) is 0 Å². The van der Waals surface area contributed by atoms with Crippen LogP contribution in [0.3, 0.4) is 0 Å². The predicted molar refractivity (Wildman–Crippen MR) is 103 cm³/mol. The van der Waals surface area contributed by atoms with Crippen molar-refractivity contribution in [1.82, 2.24) is 9.97 Å². The van der Waals surface area contributed by atoms with Gasteiger partial charge in [-0.05, 0) is 62.1 Å². The van der Waals surface area contributed by atoms with Crippen LogP contribution >= 0.6 is 0 Å². The molecule has 25 heavy (non-hydrogen) atoms. The summed E-state index contributed by atoms with van der Waals surface area (Å²) in [5.74, 6) is 1.59. The number of nitrogens with one attached hydrogen (secondary N) is 1. The summed E-state index contributed by atoms with van der Waals surface area (Å²) >= 11 is 0. The molecule has 0 radical (unpaired) electrons. The number of rotatable bonds is 3. The van der Waals surface area contributed by atoms with Gasteiger partial charge in [-0.25, -0.2) is 4.98 Å². The molecule has 0 spiro atoms. The van der Waals surface area contributed by atoms with Crippen LogP contribution in [0.15, 0.2) is 48.5 Å². The number of anilines is 4. The molecule has 4 rings (SSSR count). The van der Waals surface area contributed by atoms with Crippen molar-refractivity contribution >= 4 is 23.1 Å². The number of nitrogens with zero attached hydrogens (tertiary/aromatic N) is 3. The Labute approximate surface area is 148 Å². The molecule has 4 heteroatoms. The number of fused-ring (bicyclic) bond motifs is 1. The molecule has 3 aromatic rings. The Morgan fingerprint density at radius 3 is 2.48 bits per heavy atom. The number of para-hydroxylation sites is 1. The van der Waals surface area contributed by atoms with E-state index in [1.807, 2.05) is 6.92 Å². The number of benzene rings is 2. The van der Waals surface area contributed by atoms with Gasteiger partial charge in [0.2, 0.25) is 5.95 Å². The minimum absolute atomic E-state index is 0.643. The van der Waals surface area contributed by atoms with Gasteiger partial charge in [0.15, 0.2) is 0 Å². The molecule has 1 aliphatic rings. The Morgan fingerprint density at radius 2 is 1.68 bits per heavy atom. The lowest BCUT2D eigenvalue weighted by molar-refractivity contribution is 0.959. The van der Waals surface area contributed by atoms with Crippen molar-refractivity contribution in [3.63, 3.8) is 0 Å². The van der Waals surface area contributed by atoms with Gasteiger partial charge in [-0.2, -0.15) is 4.98 Å². The fourth-order valence-corrected chi connectivity index (χ4v) is 3.50. The van der Waals surface area contributed by atoms with Crippen molar-refractivity contribution < 1.29 is 0 Å². The number of aryl methyl sites for hydroxylation is 3. The van der Waals surface area contributed by atoms with E-state index in [1.165, 1.54) is 22.4 Å². The molecule has 0 unspecified atom stereocenters. The third kappa shape index (κ3) is 3.20. The fourth-order valence-electron chi connectivity index (χ4n) is 3.50. The first-order valence-electron chi connectivity index (χ1n) is 8.65. The molecule has 1 aromatic heterocycles. The molecule has 126 valence electrons. The number of hydrogen-bond acceptors (Lipinski definition) is 4. The minimum Gasteiger partial charge on any atom is -0.326 e. The van der Waals surface area contributed by atoms with Crippen molar-refractivity contribution in [3.8, 4) is 0 Å². The van der Waals surface area contributed by atoms with E-state index in [2.05, 4.69) is 77.6 Å². The topological polar surface area (TPSA) is 41.1 Å². The normalized spacial score (nSPS) is 13.0. The quantitative estimate of drug-likeness (QED) is 0.746. The first kappa shape index (κ1) is 15.6. The van der Waals surface area contributed by atoms with Crippen LogP contribution in [0.5, 0.6) is 0 Å². The Balaban J connectivity index is 1.68. The van der Waals surface area contributed by atoms with E-state index in [4.69, 9.17) is 4.98 Å². The van der Waals surface area contributed by atoms with Gasteiger partial charge in [0.1, 0.15) is 5.82 Å². The third-order valence-corrected chi connectivity index (χ3v) is 4.48. The highest BCUT2D eigenvalue weighted by Gasteiger charge is 2.21. The van der Waals surface area contributed by atoms with Crippen molar-refractivity contribution in [1.29, 1.82) is 0 Å². The smallest absolute Gasteiger partial charge is 0.229 e. The molecular formula is C21H22N4. The largest absolute Gasteiger partial charge is 0.326 e. The molecule has 4 nitrogen and oxygen atoms in total. The lowest BCUT2D eigenvalue weighted by atomic mass is 10.1. The lowest BCUT2D eigenvalue weighted by Crippen LogP contribution is -2.16. The van der Waals surface area contributed by atoms with Gasteiger partial charge in [0, 0.05) is 29.7 Å². The van der Waals surface area contributed by atoms with Crippen LogP contribution in [0.1, 0.15) is 22.4 Å². The molecule has 1 N–H and O–H groups in total. The summed E-state index contributed by atoms with van der Waals surface area (Å²) in [5.41, 5.74) is 7.06. The van der Waals surface area contributed by atoms with Crippen LogP contribution in [0.2, 0.25) is 0 Å². The van der Waals surface area contributed by atoms with E-state index in [0.29, 0.717) is 5.95 Å². The second kappa shape index (κ2) is 6.20. The molecule has 0 saturated heterocycles. The molecular weight excluding hydrogens is 308 g/mol. The van der Waals surface area contributed by atoms with Crippen molar-refractivity contribution in [3.05, 3.63) is 70.9 Å². The van der Waals surface area contributed by atoms with Crippen LogP contribution in [0.25, 0.3) is 0 Å². The summed E-state index contributed by atoms with van der Waals surface area (Å²) < 4.78 is 0. The molecule has 0 atom stereocenters. The monoisotopic (exact) mass is 330 g/mol. The van der Waals surface area contributed by atoms with E-state index in [0.717, 1.165) is 30.2 Å². The summed E-state index contributed by atoms with van der Waals surface area (Å²) in [5, 5.41) is 3.37. The molecule has 0 saturated carbocycles. The Morgan fingerprint density at radius 1 is 0.920 bits per heavy atom. The highest BCUT2D eigenvalue weighted by Crippen LogP contribution is 2.34. The van der Waals surface area contributed by atoms with Crippen LogP contribution in [0, 0.1) is 20.8 Å². The summed E-state index contributed by atoms with van der Waals surface area (Å²) in [6.45, 7) is 7.17. The van der Waals surface area contributed by atoms with Crippen molar-refractivity contribution in [2.24, 2.45) is 0 Å². The fraction of sp³-hybridized carbons (Fsp3) is 0.238. The van der Waals surface area contributed by atoms with Gasteiger partial charge >= 0.3 is 0 Å². The van der Waals surface area contributed by atoms with Crippen LogP contribution in [-0.4, -0.2) is 16.5 Å². The summed E-state index contributed by atoms with van der Waals surface area (Å²) in [7, 11) is 0. The minimum atomic E-state index is 0.643. The third-order valence-electron chi connectivity index (χ3n) is 4.48. The molecule has 0 amide bonds. The second-order valence-electron chi connectivity index (χ2n) is 6.72. The summed E-state index contributed by atoms with van der Waals surface area (Å²) in [4.78, 5) is 11.6. The molecule has 1 aliphatic heterocycles. The molecule has 0 fully saturated rings. The van der Waals surface area contributed by atoms with E-state index >= 15 is 0 Å². The van der Waals surface area contributed by atoms with Crippen LogP contribution in [0.4, 0.5) is 23.1 Å². The van der Waals surface area contributed by atoms with Gasteiger partial charge < -0.3 is 10.2 Å². The average molecular weight is 330 g/mol. The zero-order chi connectivity index (χ0) is 17.4. The van der Waals surface area contributed by atoms with Crippen molar-refractivity contribution in [2.45, 2.75) is 27.2 Å². The highest BCUT2D eigenvalue weighted by atomic mass is 15.2. The highest BCUT2D eigenvalue weighted by molar-refractivity contribution is 5.69.